The standard InChI is InChI=1S/C18H25NO3/c1-2-3-5-10-16-11-15(18(21)22-16)12-17(20)19-13-14-8-6-4-7-9-14/h4,6-9,15-16H,2-3,5,10-13H2,1H3,(H,19,20)/t15-,16+/m0/s1. The Labute approximate surface area is 132 Å². The molecule has 0 radical (unpaired) electrons. The van der Waals surface area contributed by atoms with Crippen molar-refractivity contribution >= 4 is 11.9 Å². The molecule has 0 bridgehead atoms. The van der Waals surface area contributed by atoms with E-state index in [1.165, 1.54) is 0 Å². The lowest BCUT2D eigenvalue weighted by Crippen LogP contribution is -2.26. The third-order valence-corrected chi connectivity index (χ3v) is 4.06. The number of nitrogens with one attached hydrogen (secondary N) is 1. The van der Waals surface area contributed by atoms with Crippen LogP contribution < -0.4 is 5.32 Å². The highest BCUT2D eigenvalue weighted by Crippen LogP contribution is 2.27. The summed E-state index contributed by atoms with van der Waals surface area (Å²) in [7, 11) is 0. The zero-order chi connectivity index (χ0) is 15.8. The van der Waals surface area contributed by atoms with Gasteiger partial charge in [0.05, 0.1) is 5.92 Å². The lowest BCUT2D eigenvalue weighted by Gasteiger charge is -2.08. The molecule has 120 valence electrons. The molecule has 4 nitrogen and oxygen atoms in total. The van der Waals surface area contributed by atoms with Crippen molar-refractivity contribution < 1.29 is 14.3 Å². The molecule has 1 aromatic carbocycles. The van der Waals surface area contributed by atoms with Crippen LogP contribution in [0.15, 0.2) is 30.3 Å². The van der Waals surface area contributed by atoms with Crippen molar-refractivity contribution in [1.82, 2.24) is 5.32 Å². The highest BCUT2D eigenvalue weighted by molar-refractivity contribution is 5.84. The summed E-state index contributed by atoms with van der Waals surface area (Å²) in [6, 6.07) is 9.76. The third-order valence-electron chi connectivity index (χ3n) is 4.06. The maximum absolute atomic E-state index is 12.0. The van der Waals surface area contributed by atoms with Crippen molar-refractivity contribution in [2.45, 2.75) is 58.1 Å². The zero-order valence-corrected chi connectivity index (χ0v) is 13.2. The molecule has 2 atom stereocenters. The van der Waals surface area contributed by atoms with Crippen LogP contribution in [-0.2, 0) is 20.9 Å². The number of esters is 1. The molecular formula is C18H25NO3. The van der Waals surface area contributed by atoms with Gasteiger partial charge in [0.15, 0.2) is 0 Å². The number of ether oxygens (including phenoxy) is 1. The average molecular weight is 303 g/mol. The number of rotatable bonds is 8. The van der Waals surface area contributed by atoms with Crippen LogP contribution in [0.4, 0.5) is 0 Å². The molecule has 1 saturated heterocycles. The monoisotopic (exact) mass is 303 g/mol. The second kappa shape index (κ2) is 8.57. The summed E-state index contributed by atoms with van der Waals surface area (Å²) in [6.45, 7) is 2.65. The second-order valence-corrected chi connectivity index (χ2v) is 5.95. The van der Waals surface area contributed by atoms with Crippen LogP contribution in [0.25, 0.3) is 0 Å². The molecule has 0 unspecified atom stereocenters. The summed E-state index contributed by atoms with van der Waals surface area (Å²) in [5, 5.41) is 2.87. The molecule has 1 amide bonds. The molecule has 0 aliphatic carbocycles. The summed E-state index contributed by atoms with van der Waals surface area (Å²) in [5.74, 6) is -0.571. The molecule has 0 aromatic heterocycles. The second-order valence-electron chi connectivity index (χ2n) is 5.95. The van der Waals surface area contributed by atoms with E-state index < -0.39 is 0 Å². The average Bonchev–Trinajstić information content (AvgIpc) is 2.86. The number of benzene rings is 1. The van der Waals surface area contributed by atoms with E-state index in [0.717, 1.165) is 31.2 Å². The maximum Gasteiger partial charge on any atom is 0.309 e. The van der Waals surface area contributed by atoms with Gasteiger partial charge >= 0.3 is 5.97 Å². The number of hydrogen-bond donors (Lipinski definition) is 1. The van der Waals surface area contributed by atoms with Crippen LogP contribution in [-0.4, -0.2) is 18.0 Å². The summed E-state index contributed by atoms with van der Waals surface area (Å²) < 4.78 is 5.37. The van der Waals surface area contributed by atoms with Gasteiger partial charge < -0.3 is 10.1 Å². The molecule has 1 aliphatic heterocycles. The van der Waals surface area contributed by atoms with Crippen LogP contribution in [0.5, 0.6) is 0 Å². The number of cyclic esters (lactones) is 1. The molecule has 2 rings (SSSR count). The minimum atomic E-state index is -0.276. The molecule has 1 aromatic rings. The van der Waals surface area contributed by atoms with E-state index in [1.54, 1.807) is 0 Å². The Hall–Kier alpha value is -1.84. The first-order valence-corrected chi connectivity index (χ1v) is 8.20. The van der Waals surface area contributed by atoms with Gasteiger partial charge in [0.25, 0.3) is 0 Å². The predicted molar refractivity (Wildman–Crippen MR) is 85.0 cm³/mol. The first-order chi connectivity index (χ1) is 10.7. The number of carbonyl (C=O) groups excluding carboxylic acids is 2. The summed E-state index contributed by atoms with van der Waals surface area (Å²) in [6.07, 6.45) is 5.24. The number of amides is 1. The fourth-order valence-electron chi connectivity index (χ4n) is 2.78. The van der Waals surface area contributed by atoms with Gasteiger partial charge in [0.1, 0.15) is 6.10 Å². The van der Waals surface area contributed by atoms with E-state index in [-0.39, 0.29) is 30.3 Å². The van der Waals surface area contributed by atoms with Gasteiger partial charge in [-0.25, -0.2) is 0 Å². The van der Waals surface area contributed by atoms with Crippen LogP contribution in [0.1, 0.15) is 51.0 Å². The molecule has 22 heavy (non-hydrogen) atoms. The van der Waals surface area contributed by atoms with Crippen LogP contribution in [0, 0.1) is 5.92 Å². The smallest absolute Gasteiger partial charge is 0.309 e. The summed E-state index contributed by atoms with van der Waals surface area (Å²) in [4.78, 5) is 23.8. The van der Waals surface area contributed by atoms with Gasteiger partial charge in [-0.1, -0.05) is 50.1 Å². The Balaban J connectivity index is 1.71. The zero-order valence-electron chi connectivity index (χ0n) is 13.2. The van der Waals surface area contributed by atoms with Crippen molar-refractivity contribution in [3.05, 3.63) is 35.9 Å². The van der Waals surface area contributed by atoms with E-state index >= 15 is 0 Å². The minimum Gasteiger partial charge on any atom is -0.462 e. The topological polar surface area (TPSA) is 55.4 Å². The summed E-state index contributed by atoms with van der Waals surface area (Å²) in [5.41, 5.74) is 1.06. The van der Waals surface area contributed by atoms with Gasteiger partial charge in [-0.05, 0) is 24.8 Å². The van der Waals surface area contributed by atoms with Crippen molar-refractivity contribution in [2.24, 2.45) is 5.92 Å². The van der Waals surface area contributed by atoms with Gasteiger partial charge in [-0.3, -0.25) is 9.59 Å². The van der Waals surface area contributed by atoms with Crippen molar-refractivity contribution in [3.8, 4) is 0 Å². The fourth-order valence-corrected chi connectivity index (χ4v) is 2.78. The van der Waals surface area contributed by atoms with E-state index in [2.05, 4.69) is 12.2 Å². The first kappa shape index (κ1) is 16.5. The molecule has 4 heteroatoms. The van der Waals surface area contributed by atoms with Crippen molar-refractivity contribution in [2.75, 3.05) is 0 Å². The number of unbranched alkanes of at least 4 members (excludes halogenated alkanes) is 2. The normalized spacial score (nSPS) is 20.7. The quantitative estimate of drug-likeness (QED) is 0.592. The molecule has 1 N–H and O–H groups in total. The van der Waals surface area contributed by atoms with Gasteiger partial charge in [0, 0.05) is 13.0 Å². The largest absolute Gasteiger partial charge is 0.462 e. The lowest BCUT2D eigenvalue weighted by molar-refractivity contribution is -0.145. The Morgan fingerprint density at radius 2 is 2.05 bits per heavy atom. The molecule has 1 aliphatic rings. The van der Waals surface area contributed by atoms with E-state index in [1.807, 2.05) is 30.3 Å². The molecule has 1 fully saturated rings. The third kappa shape index (κ3) is 5.17. The van der Waals surface area contributed by atoms with E-state index in [9.17, 15) is 9.59 Å². The Morgan fingerprint density at radius 3 is 2.77 bits per heavy atom. The van der Waals surface area contributed by atoms with Crippen molar-refractivity contribution in [3.63, 3.8) is 0 Å². The van der Waals surface area contributed by atoms with E-state index in [4.69, 9.17) is 4.74 Å². The van der Waals surface area contributed by atoms with Crippen LogP contribution in [0.3, 0.4) is 0 Å². The van der Waals surface area contributed by atoms with Crippen LogP contribution in [0.2, 0.25) is 0 Å². The molecule has 0 saturated carbocycles. The Morgan fingerprint density at radius 1 is 1.27 bits per heavy atom. The van der Waals surface area contributed by atoms with Gasteiger partial charge in [0.2, 0.25) is 5.91 Å². The Bertz CT molecular complexity index is 486. The highest BCUT2D eigenvalue weighted by Gasteiger charge is 2.35. The maximum atomic E-state index is 12.0. The number of carbonyl (C=O) groups is 2. The predicted octanol–water partition coefficient (Wildman–Crippen LogP) is 3.20. The van der Waals surface area contributed by atoms with Gasteiger partial charge in [-0.15, -0.1) is 0 Å². The first-order valence-electron chi connectivity index (χ1n) is 8.20. The molecule has 1 heterocycles. The SMILES string of the molecule is CCCCC[C@@H]1C[C@@H](CC(=O)NCc2ccccc2)C(=O)O1. The molecular weight excluding hydrogens is 278 g/mol. The molecule has 0 spiro atoms. The lowest BCUT2D eigenvalue weighted by atomic mass is 9.98. The fraction of sp³-hybridized carbons (Fsp3) is 0.556. The minimum absolute atomic E-state index is 0.00553. The number of hydrogen-bond acceptors (Lipinski definition) is 3. The highest BCUT2D eigenvalue weighted by atomic mass is 16.5. The Kier molecular flexibility index (Phi) is 6.44. The van der Waals surface area contributed by atoms with Crippen molar-refractivity contribution in [1.29, 1.82) is 0 Å². The summed E-state index contributed by atoms with van der Waals surface area (Å²) >= 11 is 0. The van der Waals surface area contributed by atoms with Crippen LogP contribution >= 0.6 is 0 Å². The van der Waals surface area contributed by atoms with Gasteiger partial charge in [-0.2, -0.15) is 0 Å². The van der Waals surface area contributed by atoms with E-state index in [0.29, 0.717) is 13.0 Å².